The van der Waals surface area contributed by atoms with Crippen LogP contribution in [0, 0.1) is 0 Å². The van der Waals surface area contributed by atoms with Crippen LogP contribution in [0.5, 0.6) is 0 Å². The van der Waals surface area contributed by atoms with Crippen molar-refractivity contribution in [3.63, 3.8) is 0 Å². The summed E-state index contributed by atoms with van der Waals surface area (Å²) in [4.78, 5) is 23.2. The lowest BCUT2D eigenvalue weighted by Crippen LogP contribution is -2.60. The Kier molecular flexibility index (Phi) is 5.06. The zero-order valence-corrected chi connectivity index (χ0v) is 11.0. The predicted molar refractivity (Wildman–Crippen MR) is 60.7 cm³/mol. The van der Waals surface area contributed by atoms with Gasteiger partial charge >= 0.3 is 11.9 Å². The Bertz CT molecular complexity index is 289. The van der Waals surface area contributed by atoms with Crippen LogP contribution in [0.1, 0.15) is 12.8 Å². The fraction of sp³-hybridized carbons (Fsp3) is 0.818. The first-order chi connectivity index (χ1) is 8.51. The highest BCUT2D eigenvalue weighted by Gasteiger charge is 2.46. The Morgan fingerprint density at radius 1 is 0.944 bits per heavy atom. The number of rotatable bonds is 4. The molecule has 18 heavy (non-hydrogen) atoms. The number of carbonyl (C=O) groups excluding carboxylic acids is 2. The molecule has 1 fully saturated rings. The molecule has 0 saturated carbocycles. The Morgan fingerprint density at radius 3 is 1.61 bits per heavy atom. The van der Waals surface area contributed by atoms with E-state index in [4.69, 9.17) is 9.47 Å². The summed E-state index contributed by atoms with van der Waals surface area (Å²) in [6.45, 7) is 0. The summed E-state index contributed by atoms with van der Waals surface area (Å²) in [6.07, 6.45) is 0.528. The van der Waals surface area contributed by atoms with E-state index in [9.17, 15) is 9.59 Å². The lowest BCUT2D eigenvalue weighted by atomic mass is 9.92. The molecular weight excluding hydrogens is 242 g/mol. The lowest BCUT2D eigenvalue weighted by Gasteiger charge is -2.41. The Hall–Kier alpha value is -1.18. The number of piperidine rings is 1. The highest BCUT2D eigenvalue weighted by Crippen LogP contribution is 2.29. The van der Waals surface area contributed by atoms with Crippen molar-refractivity contribution >= 4 is 11.9 Å². The van der Waals surface area contributed by atoms with Gasteiger partial charge in [0.05, 0.1) is 14.2 Å². The molecule has 0 radical (unpaired) electrons. The van der Waals surface area contributed by atoms with Crippen molar-refractivity contribution in [1.82, 2.24) is 5.32 Å². The first-order valence-corrected chi connectivity index (χ1v) is 5.54. The van der Waals surface area contributed by atoms with E-state index in [2.05, 4.69) is 14.8 Å². The third-order valence-corrected chi connectivity index (χ3v) is 3.15. The molecule has 0 aromatic carbocycles. The largest absolute Gasteiger partial charge is 0.468 e. The summed E-state index contributed by atoms with van der Waals surface area (Å²) in [5.74, 6) is -1.94. The number of hydrogen-bond acceptors (Lipinski definition) is 7. The fourth-order valence-corrected chi connectivity index (χ4v) is 2.07. The average Bonchev–Trinajstić information content (AvgIpc) is 2.44. The summed E-state index contributed by atoms with van der Waals surface area (Å²) < 4.78 is 19.9. The standard InChI is InChI=1S/C11H19NO6/c1-15-9(13)7-5-11(17-3,18-4)6-8(12-7)10(14)16-2/h7-8,12H,5-6H2,1-4H3/t7-,8-/m0/s1. The molecule has 0 aromatic heterocycles. The van der Waals surface area contributed by atoms with E-state index in [1.807, 2.05) is 0 Å². The minimum absolute atomic E-state index is 0.264. The molecule has 104 valence electrons. The molecule has 0 spiro atoms. The molecule has 0 unspecified atom stereocenters. The van der Waals surface area contributed by atoms with Crippen LogP contribution in [-0.4, -0.2) is 58.2 Å². The van der Waals surface area contributed by atoms with Crippen molar-refractivity contribution < 1.29 is 28.5 Å². The van der Waals surface area contributed by atoms with Crippen LogP contribution >= 0.6 is 0 Å². The maximum absolute atomic E-state index is 11.6. The molecule has 7 heteroatoms. The fourth-order valence-electron chi connectivity index (χ4n) is 2.07. The van der Waals surface area contributed by atoms with Gasteiger partial charge in [-0.2, -0.15) is 0 Å². The minimum Gasteiger partial charge on any atom is -0.468 e. The summed E-state index contributed by atoms with van der Waals surface area (Å²) in [5.41, 5.74) is 0. The van der Waals surface area contributed by atoms with Gasteiger partial charge in [-0.15, -0.1) is 0 Å². The SMILES string of the molecule is COC(=O)[C@@H]1CC(OC)(OC)C[C@@H](C(=O)OC)N1. The highest BCUT2D eigenvalue weighted by molar-refractivity contribution is 5.80. The van der Waals surface area contributed by atoms with E-state index < -0.39 is 29.8 Å². The van der Waals surface area contributed by atoms with Crippen LogP contribution in [-0.2, 0) is 28.5 Å². The minimum atomic E-state index is -0.997. The number of methoxy groups -OCH3 is 4. The second kappa shape index (κ2) is 6.12. The third kappa shape index (κ3) is 2.98. The molecule has 1 aliphatic rings. The maximum Gasteiger partial charge on any atom is 0.323 e. The number of esters is 2. The van der Waals surface area contributed by atoms with Gasteiger partial charge in [0.15, 0.2) is 5.79 Å². The van der Waals surface area contributed by atoms with Crippen molar-refractivity contribution in [1.29, 1.82) is 0 Å². The molecule has 1 N–H and O–H groups in total. The molecular formula is C11H19NO6. The zero-order valence-electron chi connectivity index (χ0n) is 11.0. The highest BCUT2D eigenvalue weighted by atomic mass is 16.7. The van der Waals surface area contributed by atoms with E-state index in [-0.39, 0.29) is 12.8 Å². The first kappa shape index (κ1) is 14.9. The zero-order chi connectivity index (χ0) is 13.8. The molecule has 7 nitrogen and oxygen atoms in total. The second-order valence-electron chi connectivity index (χ2n) is 4.05. The van der Waals surface area contributed by atoms with Crippen LogP contribution in [0.25, 0.3) is 0 Å². The molecule has 1 aliphatic heterocycles. The summed E-state index contributed by atoms with van der Waals surface area (Å²) >= 11 is 0. The van der Waals surface area contributed by atoms with Gasteiger partial charge in [0.1, 0.15) is 12.1 Å². The van der Waals surface area contributed by atoms with Crippen molar-refractivity contribution in [3.05, 3.63) is 0 Å². The topological polar surface area (TPSA) is 83.1 Å². The molecule has 2 atom stereocenters. The molecule has 1 heterocycles. The van der Waals surface area contributed by atoms with E-state index in [1.54, 1.807) is 0 Å². The van der Waals surface area contributed by atoms with Gasteiger partial charge in [-0.05, 0) is 0 Å². The molecule has 0 bridgehead atoms. The number of carbonyl (C=O) groups is 2. The molecule has 0 aliphatic carbocycles. The molecule has 0 amide bonds. The van der Waals surface area contributed by atoms with Crippen LogP contribution in [0.2, 0.25) is 0 Å². The van der Waals surface area contributed by atoms with Crippen LogP contribution < -0.4 is 5.32 Å². The van der Waals surface area contributed by atoms with Gasteiger partial charge in [0.25, 0.3) is 0 Å². The normalized spacial score (nSPS) is 26.4. The van der Waals surface area contributed by atoms with Gasteiger partial charge in [-0.1, -0.05) is 0 Å². The van der Waals surface area contributed by atoms with E-state index >= 15 is 0 Å². The lowest BCUT2D eigenvalue weighted by molar-refractivity contribution is -0.234. The van der Waals surface area contributed by atoms with Crippen molar-refractivity contribution in [2.24, 2.45) is 0 Å². The second-order valence-corrected chi connectivity index (χ2v) is 4.05. The van der Waals surface area contributed by atoms with Crippen molar-refractivity contribution in [2.45, 2.75) is 30.7 Å². The van der Waals surface area contributed by atoms with Gasteiger partial charge in [0.2, 0.25) is 0 Å². The average molecular weight is 261 g/mol. The summed E-state index contributed by atoms with van der Waals surface area (Å²) in [5, 5.41) is 2.87. The van der Waals surface area contributed by atoms with Crippen molar-refractivity contribution in [2.75, 3.05) is 28.4 Å². The van der Waals surface area contributed by atoms with Gasteiger partial charge in [-0.25, -0.2) is 0 Å². The third-order valence-electron chi connectivity index (χ3n) is 3.15. The van der Waals surface area contributed by atoms with Crippen LogP contribution in [0.15, 0.2) is 0 Å². The van der Waals surface area contributed by atoms with Gasteiger partial charge < -0.3 is 18.9 Å². The molecule has 0 aromatic rings. The van der Waals surface area contributed by atoms with E-state index in [0.29, 0.717) is 0 Å². The van der Waals surface area contributed by atoms with Crippen LogP contribution in [0.3, 0.4) is 0 Å². The summed E-state index contributed by atoms with van der Waals surface area (Å²) in [6, 6.07) is -1.35. The number of hydrogen-bond donors (Lipinski definition) is 1. The molecule has 1 rings (SSSR count). The smallest absolute Gasteiger partial charge is 0.323 e. The maximum atomic E-state index is 11.6. The van der Waals surface area contributed by atoms with E-state index in [0.717, 1.165) is 0 Å². The van der Waals surface area contributed by atoms with Crippen LogP contribution in [0.4, 0.5) is 0 Å². The predicted octanol–water partition coefficient (Wildman–Crippen LogP) is -0.558. The van der Waals surface area contributed by atoms with E-state index in [1.165, 1.54) is 28.4 Å². The Morgan fingerprint density at radius 2 is 1.33 bits per heavy atom. The Balaban J connectivity index is 2.91. The number of nitrogens with one attached hydrogen (secondary N) is 1. The van der Waals surface area contributed by atoms with Gasteiger partial charge in [0, 0.05) is 27.1 Å². The quantitative estimate of drug-likeness (QED) is 0.536. The first-order valence-electron chi connectivity index (χ1n) is 5.54. The number of ether oxygens (including phenoxy) is 4. The summed E-state index contributed by atoms with van der Waals surface area (Å²) in [7, 11) is 5.51. The monoisotopic (exact) mass is 261 g/mol. The van der Waals surface area contributed by atoms with Gasteiger partial charge in [-0.3, -0.25) is 14.9 Å². The van der Waals surface area contributed by atoms with Crippen molar-refractivity contribution in [3.8, 4) is 0 Å². The Labute approximate surface area is 106 Å². The molecule has 1 saturated heterocycles.